The summed E-state index contributed by atoms with van der Waals surface area (Å²) >= 11 is 0. The first kappa shape index (κ1) is 39.0. The average Bonchev–Trinajstić information content (AvgIpc) is 3.61. The zero-order chi connectivity index (χ0) is 44.6. The van der Waals surface area contributed by atoms with E-state index in [1.165, 1.54) is 83.5 Å². The minimum Gasteiger partial charge on any atom is -0.310 e. The molecule has 0 saturated heterocycles. The predicted octanol–water partition coefficient (Wildman–Crippen LogP) is 17.6. The van der Waals surface area contributed by atoms with Crippen LogP contribution < -0.4 is 14.7 Å². The van der Waals surface area contributed by atoms with Crippen LogP contribution in [-0.4, -0.2) is 0 Å². The zero-order valence-electron chi connectivity index (χ0n) is 37.6. The van der Waals surface area contributed by atoms with Gasteiger partial charge in [0.1, 0.15) is 0 Å². The third-order valence-corrected chi connectivity index (χ3v) is 14.4. The lowest BCUT2D eigenvalue weighted by Gasteiger charge is -2.40. The van der Waals surface area contributed by atoms with Gasteiger partial charge in [-0.2, -0.15) is 0 Å². The van der Waals surface area contributed by atoms with Gasteiger partial charge >= 0.3 is 0 Å². The van der Waals surface area contributed by atoms with E-state index in [2.05, 4.69) is 265 Å². The van der Waals surface area contributed by atoms with Crippen molar-refractivity contribution in [1.82, 2.24) is 0 Å². The monoisotopic (exact) mass is 857 g/mol. The molecule has 0 N–H and O–H groups in total. The summed E-state index contributed by atoms with van der Waals surface area (Å²) in [5.74, 6) is 0. The normalized spacial score (nSPS) is 14.0. The Morgan fingerprint density at radius 3 is 1.48 bits per heavy atom. The smallest absolute Gasteiger partial charge is 0.0703 e. The Hall–Kier alpha value is -8.40. The van der Waals surface area contributed by atoms with Crippen molar-refractivity contribution in [2.75, 3.05) is 14.7 Å². The third kappa shape index (κ3) is 6.26. The second-order valence-corrected chi connectivity index (χ2v) is 18.5. The number of para-hydroxylation sites is 7. The molecule has 1 aliphatic carbocycles. The second-order valence-electron chi connectivity index (χ2n) is 18.5. The quantitative estimate of drug-likeness (QED) is 0.154. The fourth-order valence-electron chi connectivity index (χ4n) is 11.1. The minimum atomic E-state index is -0.150. The summed E-state index contributed by atoms with van der Waals surface area (Å²) < 4.78 is 0. The van der Waals surface area contributed by atoms with Crippen molar-refractivity contribution in [2.45, 2.75) is 25.7 Å². The molecule has 13 rings (SSSR count). The highest BCUT2D eigenvalue weighted by atomic mass is 15.3. The van der Waals surface area contributed by atoms with Crippen molar-refractivity contribution in [2.24, 2.45) is 0 Å². The molecule has 3 aliphatic rings. The molecule has 0 unspecified atom stereocenters. The fraction of sp³-hybridized carbons (Fsp3) is 0.0625. The van der Waals surface area contributed by atoms with Crippen LogP contribution in [0.15, 0.2) is 224 Å². The fourth-order valence-corrected chi connectivity index (χ4v) is 11.1. The first-order valence-corrected chi connectivity index (χ1v) is 23.4. The summed E-state index contributed by atoms with van der Waals surface area (Å²) in [4.78, 5) is 7.27. The summed E-state index contributed by atoms with van der Waals surface area (Å²) in [5, 5.41) is 2.44. The van der Waals surface area contributed by atoms with Gasteiger partial charge in [-0.1, -0.05) is 184 Å². The maximum Gasteiger partial charge on any atom is 0.0703 e. The number of fused-ring (bicyclic) bond motifs is 8. The predicted molar refractivity (Wildman–Crippen MR) is 283 cm³/mol. The van der Waals surface area contributed by atoms with Crippen molar-refractivity contribution in [3.8, 4) is 22.3 Å². The molecule has 0 fully saturated rings. The lowest BCUT2D eigenvalue weighted by molar-refractivity contribution is 0.660. The Balaban J connectivity index is 0.794. The summed E-state index contributed by atoms with van der Waals surface area (Å²) in [6.45, 7) is 4.76. The Morgan fingerprint density at radius 1 is 0.343 bits per heavy atom. The van der Waals surface area contributed by atoms with Crippen molar-refractivity contribution in [3.05, 3.63) is 258 Å². The van der Waals surface area contributed by atoms with Gasteiger partial charge in [-0.25, -0.2) is 0 Å². The molecular weight excluding hydrogens is 811 g/mol. The molecule has 10 aromatic carbocycles. The Bertz CT molecular complexity index is 3510. The van der Waals surface area contributed by atoms with E-state index in [1.807, 2.05) is 0 Å². The number of anilines is 9. The van der Waals surface area contributed by atoms with E-state index in [0.717, 1.165) is 40.5 Å². The number of nitrogens with zero attached hydrogens (tertiary/aromatic N) is 3. The molecule has 67 heavy (non-hydrogen) atoms. The van der Waals surface area contributed by atoms with Crippen LogP contribution in [0.25, 0.3) is 45.2 Å². The molecular formula is C64H47N3. The van der Waals surface area contributed by atoms with E-state index in [0.29, 0.717) is 0 Å². The zero-order valence-corrected chi connectivity index (χ0v) is 37.6. The lowest BCUT2D eigenvalue weighted by atomic mass is 9.81. The van der Waals surface area contributed by atoms with Crippen LogP contribution in [0.1, 0.15) is 47.2 Å². The summed E-state index contributed by atoms with van der Waals surface area (Å²) in [6, 6.07) is 82.4. The first-order valence-electron chi connectivity index (χ1n) is 23.4. The molecule has 10 aromatic rings. The van der Waals surface area contributed by atoms with E-state index in [4.69, 9.17) is 0 Å². The molecule has 2 heterocycles. The van der Waals surface area contributed by atoms with Gasteiger partial charge in [-0.05, 0) is 128 Å². The number of hydrogen-bond donors (Lipinski definition) is 0. The number of benzene rings is 10. The molecule has 0 aromatic heterocycles. The van der Waals surface area contributed by atoms with E-state index in [1.54, 1.807) is 0 Å². The molecule has 2 aliphatic heterocycles. The van der Waals surface area contributed by atoms with E-state index < -0.39 is 0 Å². The van der Waals surface area contributed by atoms with Gasteiger partial charge in [-0.3, -0.25) is 0 Å². The number of hydrogen-bond acceptors (Lipinski definition) is 3. The van der Waals surface area contributed by atoms with Gasteiger partial charge < -0.3 is 14.7 Å². The largest absolute Gasteiger partial charge is 0.310 e. The van der Waals surface area contributed by atoms with Crippen LogP contribution >= 0.6 is 0 Å². The molecule has 0 saturated carbocycles. The van der Waals surface area contributed by atoms with Crippen molar-refractivity contribution < 1.29 is 0 Å². The molecule has 3 heteroatoms. The number of rotatable bonds is 6. The van der Waals surface area contributed by atoms with Crippen molar-refractivity contribution >= 4 is 74.1 Å². The highest BCUT2D eigenvalue weighted by molar-refractivity contribution is 6.10. The van der Waals surface area contributed by atoms with Crippen LogP contribution in [0.2, 0.25) is 0 Å². The first-order chi connectivity index (χ1) is 33.0. The Morgan fingerprint density at radius 2 is 0.821 bits per heavy atom. The van der Waals surface area contributed by atoms with Crippen molar-refractivity contribution in [3.63, 3.8) is 0 Å². The minimum absolute atomic E-state index is 0.150. The van der Waals surface area contributed by atoms with E-state index in [-0.39, 0.29) is 5.41 Å². The highest BCUT2D eigenvalue weighted by Gasteiger charge is 2.37. The van der Waals surface area contributed by atoms with Gasteiger partial charge in [0.25, 0.3) is 0 Å². The molecule has 0 amide bonds. The van der Waals surface area contributed by atoms with Gasteiger partial charge in [0, 0.05) is 40.0 Å². The highest BCUT2D eigenvalue weighted by Crippen LogP contribution is 2.56. The van der Waals surface area contributed by atoms with Gasteiger partial charge in [-0.15, -0.1) is 0 Å². The summed E-state index contributed by atoms with van der Waals surface area (Å²) in [5.41, 5.74) is 23.4. The third-order valence-electron chi connectivity index (χ3n) is 14.4. The summed E-state index contributed by atoms with van der Waals surface area (Å²) in [7, 11) is 0. The topological polar surface area (TPSA) is 9.72 Å². The van der Waals surface area contributed by atoms with E-state index in [9.17, 15) is 0 Å². The Labute approximate surface area is 392 Å². The van der Waals surface area contributed by atoms with Gasteiger partial charge in [0.05, 0.1) is 28.4 Å². The second kappa shape index (κ2) is 15.4. The molecule has 0 bridgehead atoms. The van der Waals surface area contributed by atoms with Crippen LogP contribution in [0.5, 0.6) is 0 Å². The maximum absolute atomic E-state index is 2.46. The van der Waals surface area contributed by atoms with Crippen LogP contribution in [0.4, 0.5) is 51.2 Å². The van der Waals surface area contributed by atoms with E-state index >= 15 is 0 Å². The van der Waals surface area contributed by atoms with Crippen LogP contribution in [0, 0.1) is 0 Å². The molecule has 0 radical (unpaired) electrons. The standard InChI is InChI=1S/C64H47N3/c1-64(2)55-40-44(32-36-52(55)53-37-35-49(42-56(53)64)66-57-22-10-6-16-46(57)41-47-17-7-11-23-58(47)66)29-28-43-30-33-45(34-31-43)50-38-39-59(54-21-9-8-20-51(50)54)67-62-26-14-12-24-60(62)65(48-18-4-3-5-19-48)61-25-13-15-27-63(61)67/h3-40,42H,41H2,1-2H3/b29-28+. The van der Waals surface area contributed by atoms with Gasteiger partial charge in [0.2, 0.25) is 0 Å². The SMILES string of the molecule is CC1(C)c2cc(/C=C/c3ccc(-c4ccc(N5c6ccccc6N(c6ccccc6)c6ccccc65)c5ccccc45)cc3)ccc2-c2ccc(N3c4ccccc4Cc4ccccc43)cc21. The van der Waals surface area contributed by atoms with Crippen LogP contribution in [-0.2, 0) is 11.8 Å². The molecule has 318 valence electrons. The molecule has 3 nitrogen and oxygen atoms in total. The summed E-state index contributed by atoms with van der Waals surface area (Å²) in [6.07, 6.45) is 5.46. The molecule has 0 atom stereocenters. The lowest BCUT2D eigenvalue weighted by Crippen LogP contribution is -2.24. The van der Waals surface area contributed by atoms with Crippen LogP contribution in [0.3, 0.4) is 0 Å². The molecule has 0 spiro atoms. The maximum atomic E-state index is 2.46. The van der Waals surface area contributed by atoms with Crippen molar-refractivity contribution in [1.29, 1.82) is 0 Å². The Kier molecular flexibility index (Phi) is 8.94. The van der Waals surface area contributed by atoms with Gasteiger partial charge in [0.15, 0.2) is 0 Å². The average molecular weight is 858 g/mol.